The van der Waals surface area contributed by atoms with Crippen LogP contribution in [0.5, 0.6) is 5.75 Å². The molecule has 1 aromatic carbocycles. The van der Waals surface area contributed by atoms with Crippen LogP contribution in [0, 0.1) is 0 Å². The molecule has 0 aliphatic carbocycles. The van der Waals surface area contributed by atoms with E-state index in [2.05, 4.69) is 14.8 Å². The van der Waals surface area contributed by atoms with Crippen molar-refractivity contribution in [3.63, 3.8) is 0 Å². The zero-order valence-corrected chi connectivity index (χ0v) is 15.1. The molecule has 0 saturated heterocycles. The van der Waals surface area contributed by atoms with Gasteiger partial charge in [-0.1, -0.05) is 0 Å². The quantitative estimate of drug-likeness (QED) is 0.604. The van der Waals surface area contributed by atoms with E-state index in [1.165, 1.54) is 14.0 Å². The SMILES string of the molecule is CCOC(=O)c1cnn(-c2nc(-c3ccc(OC)cc3)cs2)c1C(F)(F)F. The molecule has 0 N–H and O–H groups in total. The van der Waals surface area contributed by atoms with Crippen LogP contribution in [0.4, 0.5) is 13.2 Å². The molecule has 3 aromatic rings. The molecule has 0 atom stereocenters. The maximum atomic E-state index is 13.5. The van der Waals surface area contributed by atoms with Crippen molar-refractivity contribution in [3.05, 3.63) is 47.1 Å². The lowest BCUT2D eigenvalue weighted by atomic mass is 10.2. The molecule has 0 saturated carbocycles. The number of carbonyl (C=O) groups is 1. The van der Waals surface area contributed by atoms with Crippen molar-refractivity contribution < 1.29 is 27.4 Å². The van der Waals surface area contributed by atoms with E-state index in [0.717, 1.165) is 17.5 Å². The molecule has 6 nitrogen and oxygen atoms in total. The summed E-state index contributed by atoms with van der Waals surface area (Å²) in [6.45, 7) is 1.47. The number of rotatable bonds is 5. The molecule has 0 unspecified atom stereocenters. The van der Waals surface area contributed by atoms with E-state index in [4.69, 9.17) is 4.74 Å². The first-order valence-corrected chi connectivity index (χ1v) is 8.65. The van der Waals surface area contributed by atoms with Gasteiger partial charge in [0.25, 0.3) is 0 Å². The van der Waals surface area contributed by atoms with Crippen molar-refractivity contribution in [2.75, 3.05) is 13.7 Å². The summed E-state index contributed by atoms with van der Waals surface area (Å²) in [4.78, 5) is 16.1. The molecule has 0 radical (unpaired) electrons. The van der Waals surface area contributed by atoms with Crippen LogP contribution in [0.2, 0.25) is 0 Å². The average Bonchev–Trinajstić information content (AvgIpc) is 3.28. The maximum absolute atomic E-state index is 13.5. The van der Waals surface area contributed by atoms with E-state index >= 15 is 0 Å². The number of halogens is 3. The van der Waals surface area contributed by atoms with Crippen LogP contribution >= 0.6 is 11.3 Å². The number of esters is 1. The molecule has 0 amide bonds. The second-order valence-electron chi connectivity index (χ2n) is 5.28. The van der Waals surface area contributed by atoms with Crippen molar-refractivity contribution in [2.45, 2.75) is 13.1 Å². The molecule has 0 aliphatic rings. The molecule has 2 heterocycles. The van der Waals surface area contributed by atoms with Crippen molar-refractivity contribution in [1.29, 1.82) is 0 Å². The lowest BCUT2D eigenvalue weighted by Gasteiger charge is -2.10. The minimum absolute atomic E-state index is 0.0105. The van der Waals surface area contributed by atoms with Crippen LogP contribution in [0.15, 0.2) is 35.8 Å². The second-order valence-corrected chi connectivity index (χ2v) is 6.12. The molecule has 2 aromatic heterocycles. The van der Waals surface area contributed by atoms with E-state index in [9.17, 15) is 18.0 Å². The van der Waals surface area contributed by atoms with Crippen molar-refractivity contribution in [1.82, 2.24) is 14.8 Å². The zero-order chi connectivity index (χ0) is 19.6. The smallest absolute Gasteiger partial charge is 0.434 e. The zero-order valence-electron chi connectivity index (χ0n) is 14.3. The Bertz CT molecular complexity index is 948. The van der Waals surface area contributed by atoms with Gasteiger partial charge in [-0.2, -0.15) is 18.3 Å². The van der Waals surface area contributed by atoms with E-state index in [1.54, 1.807) is 29.6 Å². The molecular weight excluding hydrogens is 383 g/mol. The third-order valence-electron chi connectivity index (χ3n) is 3.59. The van der Waals surface area contributed by atoms with Gasteiger partial charge in [0.2, 0.25) is 5.13 Å². The van der Waals surface area contributed by atoms with Gasteiger partial charge in [0.1, 0.15) is 11.3 Å². The van der Waals surface area contributed by atoms with Crippen LogP contribution in [0.1, 0.15) is 23.0 Å². The summed E-state index contributed by atoms with van der Waals surface area (Å²) in [5.41, 5.74) is -0.661. The molecule has 3 rings (SSSR count). The summed E-state index contributed by atoms with van der Waals surface area (Å²) in [5.74, 6) is -0.428. The van der Waals surface area contributed by atoms with Gasteiger partial charge >= 0.3 is 12.1 Å². The predicted molar refractivity (Wildman–Crippen MR) is 92.2 cm³/mol. The number of ether oxygens (including phenoxy) is 2. The number of benzene rings is 1. The summed E-state index contributed by atoms with van der Waals surface area (Å²) >= 11 is 0.982. The number of methoxy groups -OCH3 is 1. The standard InChI is InChI=1S/C17H14F3N3O3S/c1-3-26-15(24)12-8-21-23(14(12)17(18,19)20)16-22-13(9-27-16)10-4-6-11(25-2)7-5-10/h4-9H,3H2,1-2H3. The van der Waals surface area contributed by atoms with Crippen LogP contribution < -0.4 is 4.74 Å². The number of carbonyl (C=O) groups excluding carboxylic acids is 1. The van der Waals surface area contributed by atoms with Crippen molar-refractivity contribution >= 4 is 17.3 Å². The van der Waals surface area contributed by atoms with Gasteiger partial charge in [-0.05, 0) is 31.2 Å². The highest BCUT2D eigenvalue weighted by Crippen LogP contribution is 2.35. The second kappa shape index (κ2) is 7.39. The van der Waals surface area contributed by atoms with Crippen LogP contribution in [-0.4, -0.2) is 34.5 Å². The van der Waals surface area contributed by atoms with Crippen molar-refractivity contribution in [2.24, 2.45) is 0 Å². The van der Waals surface area contributed by atoms with Crippen LogP contribution in [0.25, 0.3) is 16.4 Å². The van der Waals surface area contributed by atoms with E-state index in [0.29, 0.717) is 21.7 Å². The van der Waals surface area contributed by atoms with Gasteiger partial charge in [0, 0.05) is 10.9 Å². The van der Waals surface area contributed by atoms with E-state index in [1.807, 2.05) is 0 Å². The molecule has 142 valence electrons. The Kier molecular flexibility index (Phi) is 5.17. The van der Waals surface area contributed by atoms with Gasteiger partial charge in [-0.3, -0.25) is 0 Å². The minimum atomic E-state index is -4.80. The Morgan fingerprint density at radius 3 is 2.56 bits per heavy atom. The first kappa shape index (κ1) is 18.9. The predicted octanol–water partition coefficient (Wildman–Crippen LogP) is 4.20. The van der Waals surface area contributed by atoms with Crippen LogP contribution in [-0.2, 0) is 10.9 Å². The summed E-state index contributed by atoms with van der Waals surface area (Å²) in [6, 6.07) is 6.94. The Balaban J connectivity index is 2.02. The minimum Gasteiger partial charge on any atom is -0.497 e. The number of alkyl halides is 3. The molecule has 27 heavy (non-hydrogen) atoms. The first-order chi connectivity index (χ1) is 12.8. The number of nitrogens with zero attached hydrogens (tertiary/aromatic N) is 3. The number of hydrogen-bond donors (Lipinski definition) is 0. The van der Waals surface area contributed by atoms with Gasteiger partial charge in [0.05, 0.1) is 25.6 Å². The van der Waals surface area contributed by atoms with Crippen LogP contribution in [0.3, 0.4) is 0 Å². The molecule has 10 heteroatoms. The van der Waals surface area contributed by atoms with Gasteiger partial charge < -0.3 is 9.47 Å². The fourth-order valence-corrected chi connectivity index (χ4v) is 3.18. The molecule has 0 aliphatic heterocycles. The van der Waals surface area contributed by atoms with Gasteiger partial charge in [-0.25, -0.2) is 14.5 Å². The Hall–Kier alpha value is -2.88. The molecular formula is C17H14F3N3O3S. The topological polar surface area (TPSA) is 66.2 Å². The lowest BCUT2D eigenvalue weighted by molar-refractivity contribution is -0.143. The van der Waals surface area contributed by atoms with Gasteiger partial charge in [0.15, 0.2) is 5.69 Å². The van der Waals surface area contributed by atoms with Crippen molar-refractivity contribution in [3.8, 4) is 22.1 Å². The highest BCUT2D eigenvalue weighted by atomic mass is 32.1. The summed E-state index contributed by atoms with van der Waals surface area (Å²) in [6.07, 6.45) is -3.96. The number of hydrogen-bond acceptors (Lipinski definition) is 6. The Labute approximate surface area is 156 Å². The lowest BCUT2D eigenvalue weighted by Crippen LogP contribution is -2.18. The normalized spacial score (nSPS) is 11.4. The molecule has 0 fully saturated rings. The Morgan fingerprint density at radius 2 is 1.96 bits per heavy atom. The highest BCUT2D eigenvalue weighted by molar-refractivity contribution is 7.12. The number of thiazole rings is 1. The molecule has 0 bridgehead atoms. The summed E-state index contributed by atoms with van der Waals surface area (Å²) in [5, 5.41) is 5.32. The van der Waals surface area contributed by atoms with E-state index in [-0.39, 0.29) is 11.7 Å². The average molecular weight is 397 g/mol. The fraction of sp³-hybridized carbons (Fsp3) is 0.235. The third-order valence-corrected chi connectivity index (χ3v) is 4.41. The Morgan fingerprint density at radius 1 is 1.26 bits per heavy atom. The third kappa shape index (κ3) is 3.80. The fourth-order valence-electron chi connectivity index (χ4n) is 2.38. The first-order valence-electron chi connectivity index (χ1n) is 7.77. The summed E-state index contributed by atoms with van der Waals surface area (Å²) < 4.78 is 51.0. The highest BCUT2D eigenvalue weighted by Gasteiger charge is 2.41. The van der Waals surface area contributed by atoms with E-state index < -0.39 is 23.4 Å². The largest absolute Gasteiger partial charge is 0.497 e. The van der Waals surface area contributed by atoms with Gasteiger partial charge in [-0.15, -0.1) is 11.3 Å². The molecule has 0 spiro atoms. The monoisotopic (exact) mass is 397 g/mol. The summed E-state index contributed by atoms with van der Waals surface area (Å²) in [7, 11) is 1.54. The maximum Gasteiger partial charge on any atom is 0.434 e. The number of aromatic nitrogens is 3.